The van der Waals surface area contributed by atoms with Crippen molar-refractivity contribution in [2.24, 2.45) is 0 Å². The number of sulfonamides is 1. The maximum atomic E-state index is 11.4. The Bertz CT molecular complexity index is 417. The largest absolute Gasteiger partial charge is 0.241 e. The molecular formula is C7H7Br2NO2S. The Morgan fingerprint density at radius 1 is 1.31 bits per heavy atom. The normalized spacial score (nSPS) is 11.6. The van der Waals surface area contributed by atoms with Gasteiger partial charge in [0.2, 0.25) is 10.0 Å². The second-order valence-corrected chi connectivity index (χ2v) is 5.91. The third-order valence-electron chi connectivity index (χ3n) is 1.45. The van der Waals surface area contributed by atoms with Gasteiger partial charge in [0.15, 0.2) is 0 Å². The third-order valence-corrected chi connectivity index (χ3v) is 4.34. The van der Waals surface area contributed by atoms with Crippen LogP contribution in [0.3, 0.4) is 0 Å². The van der Waals surface area contributed by atoms with Gasteiger partial charge in [0.1, 0.15) is 0 Å². The first kappa shape index (κ1) is 11.2. The molecule has 0 unspecified atom stereocenters. The molecule has 13 heavy (non-hydrogen) atoms. The maximum Gasteiger partial charge on any atom is 0.241 e. The van der Waals surface area contributed by atoms with Crippen molar-refractivity contribution in [2.45, 2.75) is 4.90 Å². The molecule has 1 rings (SSSR count). The summed E-state index contributed by atoms with van der Waals surface area (Å²) in [5.74, 6) is 0. The van der Waals surface area contributed by atoms with Crippen LogP contribution in [0.5, 0.6) is 0 Å². The summed E-state index contributed by atoms with van der Waals surface area (Å²) >= 11 is 6.41. The van der Waals surface area contributed by atoms with Gasteiger partial charge in [-0.15, -0.1) is 0 Å². The van der Waals surface area contributed by atoms with Crippen LogP contribution in [0.2, 0.25) is 0 Å². The first-order valence-corrected chi connectivity index (χ1v) is 6.43. The highest BCUT2D eigenvalue weighted by Crippen LogP contribution is 2.25. The van der Waals surface area contributed by atoms with Crippen molar-refractivity contribution in [1.29, 1.82) is 0 Å². The standard InChI is InChI=1S/C7H7Br2NO2S/c1-10-13(11,12)7-3-2-5(8)4-6(7)9/h2-4,10H,1H3. The van der Waals surface area contributed by atoms with Crippen LogP contribution < -0.4 is 4.72 Å². The van der Waals surface area contributed by atoms with Gasteiger partial charge in [-0.2, -0.15) is 0 Å². The number of hydrogen-bond donors (Lipinski definition) is 1. The highest BCUT2D eigenvalue weighted by Gasteiger charge is 2.14. The number of benzene rings is 1. The Labute approximate surface area is 93.8 Å². The first-order valence-electron chi connectivity index (χ1n) is 3.36. The molecule has 0 amide bonds. The molecule has 0 saturated heterocycles. The van der Waals surface area contributed by atoms with E-state index in [4.69, 9.17) is 0 Å². The average Bonchev–Trinajstić information content (AvgIpc) is 2.03. The minimum atomic E-state index is -3.36. The molecule has 1 N–H and O–H groups in total. The average molecular weight is 329 g/mol. The van der Waals surface area contributed by atoms with Crippen LogP contribution in [0.15, 0.2) is 32.0 Å². The summed E-state index contributed by atoms with van der Waals surface area (Å²) in [6.45, 7) is 0. The molecule has 1 aromatic carbocycles. The topological polar surface area (TPSA) is 46.2 Å². The van der Waals surface area contributed by atoms with Gasteiger partial charge in [-0.25, -0.2) is 13.1 Å². The van der Waals surface area contributed by atoms with Crippen LogP contribution in [0.4, 0.5) is 0 Å². The van der Waals surface area contributed by atoms with Crippen molar-refractivity contribution >= 4 is 41.9 Å². The third kappa shape index (κ3) is 2.52. The molecule has 0 aromatic heterocycles. The minimum absolute atomic E-state index is 0.234. The van der Waals surface area contributed by atoms with E-state index in [0.29, 0.717) is 4.47 Å². The Balaban J connectivity index is 3.33. The van der Waals surface area contributed by atoms with Crippen LogP contribution >= 0.6 is 31.9 Å². The van der Waals surface area contributed by atoms with Gasteiger partial charge in [0, 0.05) is 8.95 Å². The molecular weight excluding hydrogens is 322 g/mol. The lowest BCUT2D eigenvalue weighted by atomic mass is 10.4. The van der Waals surface area contributed by atoms with Crippen LogP contribution in [-0.2, 0) is 10.0 Å². The van der Waals surface area contributed by atoms with Crippen LogP contribution in [0.1, 0.15) is 0 Å². The summed E-state index contributed by atoms with van der Waals surface area (Å²) in [5, 5.41) is 0. The van der Waals surface area contributed by atoms with Crippen molar-refractivity contribution in [3.05, 3.63) is 27.1 Å². The Morgan fingerprint density at radius 3 is 2.38 bits per heavy atom. The molecule has 6 heteroatoms. The van der Waals surface area contributed by atoms with Gasteiger partial charge in [-0.1, -0.05) is 15.9 Å². The van der Waals surface area contributed by atoms with E-state index in [-0.39, 0.29) is 4.90 Å². The van der Waals surface area contributed by atoms with Gasteiger partial charge in [0.25, 0.3) is 0 Å². The molecule has 72 valence electrons. The van der Waals surface area contributed by atoms with Crippen molar-refractivity contribution in [2.75, 3.05) is 7.05 Å². The summed E-state index contributed by atoms with van der Waals surface area (Å²) in [6.07, 6.45) is 0. The van der Waals surface area contributed by atoms with E-state index in [9.17, 15) is 8.42 Å². The molecule has 0 aliphatic carbocycles. The zero-order valence-electron chi connectivity index (χ0n) is 6.71. The Hall–Kier alpha value is 0.0900. The Morgan fingerprint density at radius 2 is 1.92 bits per heavy atom. The fourth-order valence-electron chi connectivity index (χ4n) is 0.803. The second kappa shape index (κ2) is 4.08. The highest BCUT2D eigenvalue weighted by atomic mass is 79.9. The molecule has 0 aliphatic heterocycles. The molecule has 0 radical (unpaired) electrons. The molecule has 0 fully saturated rings. The van der Waals surface area contributed by atoms with E-state index in [2.05, 4.69) is 36.6 Å². The summed E-state index contributed by atoms with van der Waals surface area (Å²) in [6, 6.07) is 4.89. The number of halogens is 2. The van der Waals surface area contributed by atoms with Crippen LogP contribution in [-0.4, -0.2) is 15.5 Å². The second-order valence-electron chi connectivity index (χ2n) is 2.28. The van der Waals surface area contributed by atoms with E-state index >= 15 is 0 Å². The van der Waals surface area contributed by atoms with E-state index in [1.165, 1.54) is 13.1 Å². The molecule has 0 bridgehead atoms. The van der Waals surface area contributed by atoms with Gasteiger partial charge in [-0.3, -0.25) is 0 Å². The van der Waals surface area contributed by atoms with Crippen molar-refractivity contribution in [1.82, 2.24) is 4.72 Å². The highest BCUT2D eigenvalue weighted by molar-refractivity contribution is 9.11. The number of rotatable bonds is 2. The molecule has 1 aromatic rings. The van der Waals surface area contributed by atoms with Crippen LogP contribution in [0, 0.1) is 0 Å². The van der Waals surface area contributed by atoms with E-state index in [1.54, 1.807) is 12.1 Å². The monoisotopic (exact) mass is 327 g/mol. The van der Waals surface area contributed by atoms with Gasteiger partial charge < -0.3 is 0 Å². The fraction of sp³-hybridized carbons (Fsp3) is 0.143. The predicted molar refractivity (Wildman–Crippen MR) is 58.1 cm³/mol. The number of nitrogens with one attached hydrogen (secondary N) is 1. The molecule has 0 spiro atoms. The summed E-state index contributed by atoms with van der Waals surface area (Å²) in [4.78, 5) is 0.234. The predicted octanol–water partition coefficient (Wildman–Crippen LogP) is 2.12. The Kier molecular flexibility index (Phi) is 3.50. The lowest BCUT2D eigenvalue weighted by Crippen LogP contribution is -2.18. The maximum absolute atomic E-state index is 11.4. The molecule has 0 aliphatic rings. The van der Waals surface area contributed by atoms with Crippen molar-refractivity contribution < 1.29 is 8.42 Å². The molecule has 0 saturated carbocycles. The summed E-state index contributed by atoms with van der Waals surface area (Å²) in [5.41, 5.74) is 0. The molecule has 0 heterocycles. The molecule has 0 atom stereocenters. The summed E-state index contributed by atoms with van der Waals surface area (Å²) < 4.78 is 26.4. The van der Waals surface area contributed by atoms with E-state index < -0.39 is 10.0 Å². The zero-order valence-corrected chi connectivity index (χ0v) is 10.7. The number of hydrogen-bond acceptors (Lipinski definition) is 2. The molecule has 3 nitrogen and oxygen atoms in total. The smallest absolute Gasteiger partial charge is 0.214 e. The minimum Gasteiger partial charge on any atom is -0.214 e. The SMILES string of the molecule is CNS(=O)(=O)c1ccc(Br)cc1Br. The quantitative estimate of drug-likeness (QED) is 0.904. The zero-order chi connectivity index (χ0) is 10.1. The van der Waals surface area contributed by atoms with Crippen molar-refractivity contribution in [3.63, 3.8) is 0 Å². The van der Waals surface area contributed by atoms with Crippen LogP contribution in [0.25, 0.3) is 0 Å². The fourth-order valence-corrected chi connectivity index (χ4v) is 3.27. The van der Waals surface area contributed by atoms with E-state index in [0.717, 1.165) is 4.47 Å². The van der Waals surface area contributed by atoms with Gasteiger partial charge in [0.05, 0.1) is 4.90 Å². The lowest BCUT2D eigenvalue weighted by Gasteiger charge is -2.04. The lowest BCUT2D eigenvalue weighted by molar-refractivity contribution is 0.588. The van der Waals surface area contributed by atoms with E-state index in [1.807, 2.05) is 0 Å². The van der Waals surface area contributed by atoms with Crippen molar-refractivity contribution in [3.8, 4) is 0 Å². The first-order chi connectivity index (χ1) is 5.97. The van der Waals surface area contributed by atoms with Gasteiger partial charge >= 0.3 is 0 Å². The summed E-state index contributed by atoms with van der Waals surface area (Å²) in [7, 11) is -1.98. The van der Waals surface area contributed by atoms with Gasteiger partial charge in [-0.05, 0) is 41.2 Å².